The van der Waals surface area contributed by atoms with Gasteiger partial charge in [-0.25, -0.2) is 27.2 Å². The number of methoxy groups -OCH3 is 1. The lowest BCUT2D eigenvalue weighted by molar-refractivity contribution is -0.387. The van der Waals surface area contributed by atoms with Crippen molar-refractivity contribution in [1.29, 1.82) is 0 Å². The molecule has 244 valence electrons. The number of ether oxygens (including phenoxy) is 2. The van der Waals surface area contributed by atoms with Gasteiger partial charge in [0.1, 0.15) is 5.82 Å². The van der Waals surface area contributed by atoms with Gasteiger partial charge in [0.15, 0.2) is 22.6 Å². The summed E-state index contributed by atoms with van der Waals surface area (Å²) in [7, 11) is -3.63. The fourth-order valence-electron chi connectivity index (χ4n) is 4.60. The summed E-state index contributed by atoms with van der Waals surface area (Å²) in [5, 5.41) is 31.0. The minimum atomic E-state index is -5.04. The van der Waals surface area contributed by atoms with Gasteiger partial charge in [-0.3, -0.25) is 15.2 Å². The largest absolute Gasteiger partial charge is 0.490 e. The molecule has 1 aliphatic heterocycles. The van der Waals surface area contributed by atoms with Crippen LogP contribution in [0.25, 0.3) is 0 Å². The molecule has 1 unspecified atom stereocenters. The van der Waals surface area contributed by atoms with E-state index in [2.05, 4.69) is 25.5 Å². The topological polar surface area (TPSA) is 186 Å². The van der Waals surface area contributed by atoms with Gasteiger partial charge in [-0.05, 0) is 36.9 Å². The molecule has 2 aromatic carbocycles. The molecule has 2 atom stereocenters. The fraction of sp³-hybridized carbons (Fsp3) is 0.296. The van der Waals surface area contributed by atoms with Crippen LogP contribution in [0, 0.1) is 28.7 Å². The quantitative estimate of drug-likeness (QED) is 0.116. The van der Waals surface area contributed by atoms with E-state index in [1.165, 1.54) is 7.11 Å². The summed E-state index contributed by atoms with van der Waals surface area (Å²) in [5.74, 6) is -1.73. The summed E-state index contributed by atoms with van der Waals surface area (Å²) in [6, 6.07) is 6.22. The molecule has 0 amide bonds. The van der Waals surface area contributed by atoms with Gasteiger partial charge in [0, 0.05) is 29.9 Å². The number of aliphatic hydroxyl groups is 1. The first kappa shape index (κ1) is 32.9. The van der Waals surface area contributed by atoms with Crippen molar-refractivity contribution in [3.05, 3.63) is 75.5 Å². The van der Waals surface area contributed by atoms with E-state index in [1.54, 1.807) is 17.9 Å². The number of halogens is 3. The number of nitrogens with zero attached hydrogens (tertiary/aromatic N) is 5. The molecule has 1 saturated heterocycles. The van der Waals surface area contributed by atoms with Crippen molar-refractivity contribution >= 4 is 44.7 Å². The van der Waals surface area contributed by atoms with Gasteiger partial charge in [-0.2, -0.15) is 9.49 Å². The van der Waals surface area contributed by atoms with Crippen LogP contribution in [-0.2, 0) is 14.6 Å². The molecule has 46 heavy (non-hydrogen) atoms. The number of H-pyrrole nitrogens is 1. The van der Waals surface area contributed by atoms with Crippen LogP contribution in [0.2, 0.25) is 0 Å². The van der Waals surface area contributed by atoms with Crippen LogP contribution in [0.3, 0.4) is 0 Å². The van der Waals surface area contributed by atoms with Gasteiger partial charge in [-0.15, -0.1) is 0 Å². The molecule has 14 nitrogen and oxygen atoms in total. The number of hydrogen-bond acceptors (Lipinski definition) is 13. The van der Waals surface area contributed by atoms with Crippen LogP contribution < -0.4 is 15.0 Å². The highest BCUT2D eigenvalue weighted by atomic mass is 32.2. The second kappa shape index (κ2) is 13.5. The molecule has 3 N–H and O–H groups in total. The molecule has 3 heterocycles. The molecule has 0 bridgehead atoms. The summed E-state index contributed by atoms with van der Waals surface area (Å²) < 4.78 is 82.2. The van der Waals surface area contributed by atoms with Crippen molar-refractivity contribution in [1.82, 2.24) is 20.2 Å². The zero-order valence-corrected chi connectivity index (χ0v) is 25.7. The van der Waals surface area contributed by atoms with Crippen LogP contribution in [0.4, 0.5) is 36.3 Å². The number of aliphatic hydroxyl groups excluding tert-OH is 1. The third-order valence-corrected chi connectivity index (χ3v) is 9.47. The minimum Gasteiger partial charge on any atom is -0.490 e. The number of nitro groups is 1. The number of aromatic nitrogens is 4. The number of alkyl halides is 1. The van der Waals surface area contributed by atoms with Gasteiger partial charge in [-0.1, -0.05) is 12.1 Å². The molecule has 1 aliphatic rings. The zero-order valence-electron chi connectivity index (χ0n) is 24.1. The maximum Gasteiger partial charge on any atom is 0.305 e. The maximum atomic E-state index is 15.4. The van der Waals surface area contributed by atoms with Crippen LogP contribution >= 0.6 is 11.8 Å². The van der Waals surface area contributed by atoms with Gasteiger partial charge in [0.05, 0.1) is 47.7 Å². The molecule has 4 aromatic rings. The number of nitrogens with one attached hydrogen (secondary N) is 2. The molecule has 5 rings (SSSR count). The molecule has 0 spiro atoms. The lowest BCUT2D eigenvalue weighted by Gasteiger charge is -2.36. The number of aryl methyl sites for hydroxylation is 1. The maximum absolute atomic E-state index is 15.4. The first-order valence-electron chi connectivity index (χ1n) is 13.4. The van der Waals surface area contributed by atoms with Gasteiger partial charge < -0.3 is 24.8 Å². The Hall–Kier alpha value is -4.46. The average Bonchev–Trinajstić information content (AvgIpc) is 3.45. The van der Waals surface area contributed by atoms with Crippen molar-refractivity contribution < 1.29 is 41.1 Å². The summed E-state index contributed by atoms with van der Waals surface area (Å²) in [4.78, 5) is 19.7. The molecule has 0 saturated carbocycles. The lowest BCUT2D eigenvalue weighted by atomic mass is 10.2. The Morgan fingerprint density at radius 2 is 2.07 bits per heavy atom. The summed E-state index contributed by atoms with van der Waals surface area (Å²) in [5.41, 5.74) is -4.49. The highest BCUT2D eigenvalue weighted by Gasteiger charge is 2.35. The molecular formula is C27H26F3N7O7S2. The van der Waals surface area contributed by atoms with E-state index in [4.69, 9.17) is 9.47 Å². The third-order valence-electron chi connectivity index (χ3n) is 6.85. The van der Waals surface area contributed by atoms with Crippen molar-refractivity contribution in [3.63, 3.8) is 0 Å². The van der Waals surface area contributed by atoms with E-state index in [-0.39, 0.29) is 40.7 Å². The van der Waals surface area contributed by atoms with Crippen molar-refractivity contribution in [3.8, 4) is 5.75 Å². The van der Waals surface area contributed by atoms with Crippen LogP contribution in [0.15, 0.2) is 57.4 Å². The first-order chi connectivity index (χ1) is 21.9. The van der Waals surface area contributed by atoms with Crippen LogP contribution in [-0.4, -0.2) is 78.1 Å². The minimum absolute atomic E-state index is 0.00900. The number of morpholine rings is 1. The molecule has 0 radical (unpaired) electrons. The Kier molecular flexibility index (Phi) is 9.66. The second-order valence-electron chi connectivity index (χ2n) is 9.87. The predicted octanol–water partition coefficient (Wildman–Crippen LogP) is 4.24. The number of benzene rings is 2. The van der Waals surface area contributed by atoms with Crippen LogP contribution in [0.5, 0.6) is 5.75 Å². The number of aromatic amines is 1. The second-order valence-corrected chi connectivity index (χ2v) is 12.9. The number of anilines is 3. The van der Waals surface area contributed by atoms with E-state index in [0.717, 1.165) is 47.8 Å². The smallest absolute Gasteiger partial charge is 0.305 e. The van der Waals surface area contributed by atoms with E-state index in [0.29, 0.717) is 25.0 Å². The normalized spacial score (nSPS) is 15.9. The van der Waals surface area contributed by atoms with Crippen molar-refractivity contribution in [2.45, 2.75) is 33.4 Å². The van der Waals surface area contributed by atoms with Gasteiger partial charge >= 0.3 is 5.69 Å². The lowest BCUT2D eigenvalue weighted by Crippen LogP contribution is -2.48. The first-order valence-corrected chi connectivity index (χ1v) is 15.8. The standard InChI is InChI=1S/C27H26F3N7O7S2/c1-14-10-21(35-34-14)31-25-23(43-2)26(36-8-9-44-13-15(36)12-38)33-27(32-25)45-20-7-6-16(11-18(20)28)46(41,42)24(30)17-4-3-5-19(22(17)29)37(39)40/h3-7,10-11,15,24,38H,8-9,12-13H2,1-2H3,(H2,31,32,33,34,35)/t15-,24?/m0/s1. The molecule has 1 fully saturated rings. The SMILES string of the molecule is COc1c(Nc2cc(C)[nH]n2)nc(Sc2ccc(S(=O)(=O)C(F)c3cccc([N+](=O)[O-])c3F)cc2F)nc1N1CCOC[C@@H]1CO. The van der Waals surface area contributed by atoms with Gasteiger partial charge in [0.25, 0.3) is 0 Å². The monoisotopic (exact) mass is 681 g/mol. The zero-order chi connectivity index (χ0) is 33.2. The Labute approximate surface area is 264 Å². The Bertz CT molecular complexity index is 1880. The number of hydrogen-bond donors (Lipinski definition) is 3. The van der Waals surface area contributed by atoms with E-state index < -0.39 is 54.1 Å². The van der Waals surface area contributed by atoms with Crippen molar-refractivity contribution in [2.24, 2.45) is 0 Å². The molecule has 2 aromatic heterocycles. The highest BCUT2D eigenvalue weighted by Crippen LogP contribution is 2.41. The number of rotatable bonds is 11. The van der Waals surface area contributed by atoms with E-state index in [1.807, 2.05) is 0 Å². The third kappa shape index (κ3) is 6.57. The fourth-order valence-corrected chi connectivity index (χ4v) is 6.64. The summed E-state index contributed by atoms with van der Waals surface area (Å²) in [6.45, 7) is 2.39. The average molecular weight is 682 g/mol. The van der Waals surface area contributed by atoms with Gasteiger partial charge in [0.2, 0.25) is 26.9 Å². The Balaban J connectivity index is 1.50. The summed E-state index contributed by atoms with van der Waals surface area (Å²) >= 11 is 0.717. The Morgan fingerprint density at radius 3 is 2.72 bits per heavy atom. The summed E-state index contributed by atoms with van der Waals surface area (Å²) in [6.07, 6.45) is 0. The van der Waals surface area contributed by atoms with E-state index >= 15 is 8.78 Å². The molecule has 19 heteroatoms. The molecule has 0 aliphatic carbocycles. The predicted molar refractivity (Wildman–Crippen MR) is 159 cm³/mol. The highest BCUT2D eigenvalue weighted by molar-refractivity contribution is 7.99. The van der Waals surface area contributed by atoms with E-state index in [9.17, 15) is 28.0 Å². The number of sulfone groups is 1. The number of nitro benzene ring substituents is 1. The van der Waals surface area contributed by atoms with Crippen LogP contribution in [0.1, 0.15) is 16.8 Å². The Morgan fingerprint density at radius 1 is 1.28 bits per heavy atom. The molecular weight excluding hydrogens is 655 g/mol. The van der Waals surface area contributed by atoms with Crippen molar-refractivity contribution in [2.75, 3.05) is 43.7 Å².